The second-order valence-corrected chi connectivity index (χ2v) is 5.91. The van der Waals surface area contributed by atoms with E-state index in [1.807, 2.05) is 0 Å². The molecule has 0 spiro atoms. The minimum Gasteiger partial charge on any atom is -0.459 e. The molecule has 1 atom stereocenters. The van der Waals surface area contributed by atoms with Crippen molar-refractivity contribution in [2.45, 2.75) is 32.4 Å². The molecule has 1 aromatic rings. The highest BCUT2D eigenvalue weighted by atomic mass is 35.5. The van der Waals surface area contributed by atoms with E-state index in [1.54, 1.807) is 45.0 Å². The minimum atomic E-state index is -1.06. The number of ether oxygens (including phenoxy) is 1. The zero-order valence-corrected chi connectivity index (χ0v) is 13.5. The van der Waals surface area contributed by atoms with Crippen molar-refractivity contribution in [3.05, 3.63) is 35.4 Å². The maximum absolute atomic E-state index is 12.1. The second kappa shape index (κ2) is 6.46. The summed E-state index contributed by atoms with van der Waals surface area (Å²) in [6, 6.07) is 5.46. The number of halogens is 1. The number of imide groups is 1. The lowest BCUT2D eigenvalue weighted by Gasteiger charge is -2.24. The van der Waals surface area contributed by atoms with E-state index < -0.39 is 29.4 Å². The van der Waals surface area contributed by atoms with Crippen LogP contribution in [0.4, 0.5) is 0 Å². The molecule has 1 heterocycles. The summed E-state index contributed by atoms with van der Waals surface area (Å²) in [7, 11) is 0. The van der Waals surface area contributed by atoms with Crippen molar-refractivity contribution < 1.29 is 19.1 Å². The Bertz CT molecular complexity index is 575. The van der Waals surface area contributed by atoms with Crippen molar-refractivity contribution in [3.8, 4) is 0 Å². The molecule has 0 aromatic heterocycles. The summed E-state index contributed by atoms with van der Waals surface area (Å²) in [5, 5.41) is 0. The van der Waals surface area contributed by atoms with Crippen molar-refractivity contribution in [3.63, 3.8) is 0 Å². The Balaban J connectivity index is 0.00000242. The fourth-order valence-electron chi connectivity index (χ4n) is 2.05. The molecule has 1 aromatic carbocycles. The average molecular weight is 327 g/mol. The van der Waals surface area contributed by atoms with Crippen molar-refractivity contribution in [1.82, 2.24) is 4.90 Å². The third kappa shape index (κ3) is 3.64. The summed E-state index contributed by atoms with van der Waals surface area (Å²) in [5.74, 6) is -1.51. The topological polar surface area (TPSA) is 89.7 Å². The van der Waals surface area contributed by atoms with Crippen LogP contribution in [0.2, 0.25) is 0 Å². The van der Waals surface area contributed by atoms with Gasteiger partial charge in [-0.3, -0.25) is 19.3 Å². The van der Waals surface area contributed by atoms with Crippen LogP contribution >= 0.6 is 12.4 Å². The molecular formula is C15H19ClN2O4. The Hall–Kier alpha value is -1.92. The molecule has 0 aliphatic carbocycles. The van der Waals surface area contributed by atoms with Gasteiger partial charge in [-0.15, -0.1) is 12.4 Å². The number of esters is 1. The summed E-state index contributed by atoms with van der Waals surface area (Å²) in [6.45, 7) is 4.97. The molecule has 1 aliphatic rings. The highest BCUT2D eigenvalue weighted by Gasteiger charge is 2.37. The fraction of sp³-hybridized carbons (Fsp3) is 0.400. The first-order valence-corrected chi connectivity index (χ1v) is 6.64. The van der Waals surface area contributed by atoms with E-state index >= 15 is 0 Å². The SMILES string of the molecule is CC(C)(C)OC(=O)[C@@H](N)CN1C(=O)c2ccccc2C1=O.Cl. The summed E-state index contributed by atoms with van der Waals surface area (Å²) >= 11 is 0. The second-order valence-electron chi connectivity index (χ2n) is 5.91. The number of amides is 2. The van der Waals surface area contributed by atoms with Gasteiger partial charge in [-0.25, -0.2) is 0 Å². The van der Waals surface area contributed by atoms with Crippen LogP contribution in [0, 0.1) is 0 Å². The number of nitrogens with two attached hydrogens (primary N) is 1. The van der Waals surface area contributed by atoms with Crippen LogP contribution in [-0.4, -0.2) is 40.9 Å². The third-order valence-electron chi connectivity index (χ3n) is 2.97. The monoisotopic (exact) mass is 326 g/mol. The zero-order valence-electron chi connectivity index (χ0n) is 12.7. The van der Waals surface area contributed by atoms with Gasteiger partial charge in [0.05, 0.1) is 17.7 Å². The van der Waals surface area contributed by atoms with E-state index in [2.05, 4.69) is 0 Å². The van der Waals surface area contributed by atoms with E-state index in [0.717, 1.165) is 4.90 Å². The van der Waals surface area contributed by atoms with Crippen LogP contribution in [0.3, 0.4) is 0 Å². The Kier molecular flexibility index (Phi) is 5.32. The lowest BCUT2D eigenvalue weighted by molar-refractivity contribution is -0.156. The van der Waals surface area contributed by atoms with Gasteiger partial charge in [-0.05, 0) is 32.9 Å². The van der Waals surface area contributed by atoms with E-state index in [9.17, 15) is 14.4 Å². The molecule has 22 heavy (non-hydrogen) atoms. The van der Waals surface area contributed by atoms with Gasteiger partial charge < -0.3 is 10.5 Å². The van der Waals surface area contributed by atoms with Crippen LogP contribution in [0.1, 0.15) is 41.5 Å². The third-order valence-corrected chi connectivity index (χ3v) is 2.97. The number of hydrogen-bond acceptors (Lipinski definition) is 5. The molecule has 0 saturated heterocycles. The Morgan fingerprint density at radius 3 is 2.05 bits per heavy atom. The molecule has 0 bridgehead atoms. The molecule has 2 rings (SSSR count). The van der Waals surface area contributed by atoms with Crippen LogP contribution in [0.15, 0.2) is 24.3 Å². The molecule has 0 fully saturated rings. The largest absolute Gasteiger partial charge is 0.459 e. The van der Waals surface area contributed by atoms with Gasteiger partial charge in [-0.1, -0.05) is 12.1 Å². The van der Waals surface area contributed by atoms with Crippen LogP contribution in [0.5, 0.6) is 0 Å². The summed E-state index contributed by atoms with van der Waals surface area (Å²) in [5.41, 5.74) is 5.74. The van der Waals surface area contributed by atoms with Crippen molar-refractivity contribution in [2.24, 2.45) is 5.73 Å². The molecule has 1 aliphatic heterocycles. The van der Waals surface area contributed by atoms with E-state index in [4.69, 9.17) is 10.5 Å². The number of fused-ring (bicyclic) bond motifs is 1. The Morgan fingerprint density at radius 1 is 1.18 bits per heavy atom. The molecular weight excluding hydrogens is 308 g/mol. The van der Waals surface area contributed by atoms with Crippen LogP contribution in [-0.2, 0) is 9.53 Å². The molecule has 0 saturated carbocycles. The van der Waals surface area contributed by atoms with Crippen molar-refractivity contribution >= 4 is 30.2 Å². The standard InChI is InChI=1S/C15H18N2O4.ClH/c1-15(2,3)21-14(20)11(16)8-17-12(18)9-6-4-5-7-10(9)13(17)19;/h4-7,11H,8,16H2,1-3H3;1H/t11-;/m0./s1. The van der Waals surface area contributed by atoms with E-state index in [1.165, 1.54) is 0 Å². The van der Waals surface area contributed by atoms with Gasteiger partial charge in [0.25, 0.3) is 11.8 Å². The maximum Gasteiger partial charge on any atom is 0.325 e. The van der Waals surface area contributed by atoms with Gasteiger partial charge in [0, 0.05) is 0 Å². The van der Waals surface area contributed by atoms with Crippen molar-refractivity contribution in [1.29, 1.82) is 0 Å². The first-order chi connectivity index (χ1) is 9.70. The summed E-state index contributed by atoms with van der Waals surface area (Å²) in [4.78, 5) is 37.1. The highest BCUT2D eigenvalue weighted by Crippen LogP contribution is 2.22. The van der Waals surface area contributed by atoms with Gasteiger partial charge >= 0.3 is 5.97 Å². The highest BCUT2D eigenvalue weighted by molar-refractivity contribution is 6.21. The number of carbonyl (C=O) groups is 3. The number of rotatable bonds is 3. The maximum atomic E-state index is 12.1. The van der Waals surface area contributed by atoms with E-state index in [-0.39, 0.29) is 19.0 Å². The lowest BCUT2D eigenvalue weighted by Crippen LogP contribution is -2.47. The summed E-state index contributed by atoms with van der Waals surface area (Å²) in [6.07, 6.45) is 0. The first kappa shape index (κ1) is 18.1. The molecule has 0 radical (unpaired) electrons. The van der Waals surface area contributed by atoms with Crippen LogP contribution < -0.4 is 5.73 Å². The van der Waals surface area contributed by atoms with E-state index in [0.29, 0.717) is 11.1 Å². The normalized spacial score (nSPS) is 15.2. The summed E-state index contributed by atoms with van der Waals surface area (Å²) < 4.78 is 5.14. The minimum absolute atomic E-state index is 0. The van der Waals surface area contributed by atoms with Gasteiger partial charge in [-0.2, -0.15) is 0 Å². The fourth-order valence-corrected chi connectivity index (χ4v) is 2.05. The average Bonchev–Trinajstić information content (AvgIpc) is 2.62. The Labute approximate surface area is 135 Å². The molecule has 120 valence electrons. The number of carbonyl (C=O) groups excluding carboxylic acids is 3. The van der Waals surface area contributed by atoms with Gasteiger partial charge in [0.2, 0.25) is 0 Å². The number of benzene rings is 1. The molecule has 2 amide bonds. The number of hydrogen-bond donors (Lipinski definition) is 1. The predicted octanol–water partition coefficient (Wildman–Crippen LogP) is 1.37. The van der Waals surface area contributed by atoms with Gasteiger partial charge in [0.1, 0.15) is 11.6 Å². The van der Waals surface area contributed by atoms with Crippen molar-refractivity contribution in [2.75, 3.05) is 6.54 Å². The molecule has 0 unspecified atom stereocenters. The lowest BCUT2D eigenvalue weighted by atomic mass is 10.1. The molecule has 6 nitrogen and oxygen atoms in total. The van der Waals surface area contributed by atoms with Crippen LogP contribution in [0.25, 0.3) is 0 Å². The quantitative estimate of drug-likeness (QED) is 0.669. The molecule has 7 heteroatoms. The van der Waals surface area contributed by atoms with Gasteiger partial charge in [0.15, 0.2) is 0 Å². The number of nitrogens with zero attached hydrogens (tertiary/aromatic N) is 1. The zero-order chi connectivity index (χ0) is 15.8. The first-order valence-electron chi connectivity index (χ1n) is 6.64. The molecule has 2 N–H and O–H groups in total. The Morgan fingerprint density at radius 2 is 1.64 bits per heavy atom. The smallest absolute Gasteiger partial charge is 0.325 e. The predicted molar refractivity (Wildman–Crippen MR) is 82.9 cm³/mol.